The Morgan fingerprint density at radius 3 is 2.85 bits per heavy atom. The summed E-state index contributed by atoms with van der Waals surface area (Å²) < 4.78 is 18.7. The summed E-state index contributed by atoms with van der Waals surface area (Å²) in [5, 5.41) is 0.0119. The van der Waals surface area contributed by atoms with E-state index in [0.29, 0.717) is 13.1 Å². The van der Waals surface area contributed by atoms with Crippen molar-refractivity contribution in [2.75, 3.05) is 26.7 Å². The fourth-order valence-electron chi connectivity index (χ4n) is 2.98. The highest BCUT2D eigenvalue weighted by Crippen LogP contribution is 2.21. The van der Waals surface area contributed by atoms with Gasteiger partial charge in [0.05, 0.1) is 16.7 Å². The van der Waals surface area contributed by atoms with E-state index in [1.807, 2.05) is 6.07 Å². The summed E-state index contributed by atoms with van der Waals surface area (Å²) in [6.07, 6.45) is 3.01. The van der Waals surface area contributed by atoms with Gasteiger partial charge < -0.3 is 14.5 Å². The van der Waals surface area contributed by atoms with Crippen LogP contribution in [0.2, 0.25) is 5.02 Å². The van der Waals surface area contributed by atoms with Crippen LogP contribution in [0, 0.1) is 5.82 Å². The lowest BCUT2D eigenvalue weighted by atomic mass is 10.2. The summed E-state index contributed by atoms with van der Waals surface area (Å²) in [5.74, 6) is -1.16. The number of ether oxygens (including phenoxy) is 1. The number of hydrogen-bond acceptors (Lipinski definition) is 4. The zero-order chi connectivity index (χ0) is 19.4. The van der Waals surface area contributed by atoms with Gasteiger partial charge in [-0.2, -0.15) is 0 Å². The fourth-order valence-corrected chi connectivity index (χ4v) is 3.23. The number of pyridine rings is 1. The number of hydrogen-bond donors (Lipinski definition) is 0. The zero-order valence-corrected chi connectivity index (χ0v) is 15.5. The SMILES string of the molecule is COC1CN(Cc2cccnc2)C(=O)CN(C(=O)c2ccc(F)cc2Cl)C1. The Bertz CT molecular complexity index is 834. The highest BCUT2D eigenvalue weighted by molar-refractivity contribution is 6.33. The molecule has 0 spiro atoms. The number of benzene rings is 1. The monoisotopic (exact) mass is 391 g/mol. The van der Waals surface area contributed by atoms with Gasteiger partial charge in [-0.1, -0.05) is 17.7 Å². The van der Waals surface area contributed by atoms with Crippen molar-refractivity contribution in [3.8, 4) is 0 Å². The van der Waals surface area contributed by atoms with Crippen molar-refractivity contribution in [2.24, 2.45) is 0 Å². The molecule has 6 nitrogen and oxygen atoms in total. The maximum absolute atomic E-state index is 13.3. The molecule has 1 aromatic heterocycles. The molecule has 2 aromatic rings. The van der Waals surface area contributed by atoms with E-state index < -0.39 is 11.7 Å². The quantitative estimate of drug-likeness (QED) is 0.802. The van der Waals surface area contributed by atoms with Gasteiger partial charge in [0.15, 0.2) is 0 Å². The Hall–Kier alpha value is -2.51. The van der Waals surface area contributed by atoms with Crippen LogP contribution in [0.1, 0.15) is 15.9 Å². The standard InChI is InChI=1S/C19H19ClFN3O3/c1-27-15-10-23(9-13-3-2-6-22-8-13)18(25)12-24(11-15)19(26)16-5-4-14(21)7-17(16)20/h2-8,15H,9-12H2,1H3. The van der Waals surface area contributed by atoms with Gasteiger partial charge >= 0.3 is 0 Å². The predicted octanol–water partition coefficient (Wildman–Crippen LogP) is 2.37. The third-order valence-electron chi connectivity index (χ3n) is 4.41. The average molecular weight is 392 g/mol. The molecule has 0 N–H and O–H groups in total. The topological polar surface area (TPSA) is 62.7 Å². The van der Waals surface area contributed by atoms with Gasteiger partial charge in [-0.3, -0.25) is 14.6 Å². The van der Waals surface area contributed by atoms with E-state index in [4.69, 9.17) is 16.3 Å². The van der Waals surface area contributed by atoms with Crippen LogP contribution in [0.3, 0.4) is 0 Å². The third kappa shape index (κ3) is 4.61. The van der Waals surface area contributed by atoms with E-state index in [1.165, 1.54) is 24.1 Å². The molecule has 1 aliphatic heterocycles. The number of halogens is 2. The van der Waals surface area contributed by atoms with E-state index in [0.717, 1.165) is 11.6 Å². The molecule has 8 heteroatoms. The molecule has 1 aromatic carbocycles. The van der Waals surface area contributed by atoms with Gasteiger partial charge in [-0.25, -0.2) is 4.39 Å². The summed E-state index contributed by atoms with van der Waals surface area (Å²) in [6.45, 7) is 0.863. The number of amides is 2. The van der Waals surface area contributed by atoms with Crippen LogP contribution in [-0.2, 0) is 16.1 Å². The summed E-state index contributed by atoms with van der Waals surface area (Å²) in [7, 11) is 1.54. The molecule has 1 aliphatic rings. The number of methoxy groups -OCH3 is 1. The van der Waals surface area contributed by atoms with E-state index in [2.05, 4.69) is 4.98 Å². The van der Waals surface area contributed by atoms with Gasteiger partial charge in [-0.15, -0.1) is 0 Å². The summed E-state index contributed by atoms with van der Waals surface area (Å²) in [4.78, 5) is 32.7. The molecule has 2 heterocycles. The lowest BCUT2D eigenvalue weighted by molar-refractivity contribution is -0.132. The minimum absolute atomic E-state index is 0.0119. The molecule has 1 saturated heterocycles. The maximum atomic E-state index is 13.3. The highest BCUT2D eigenvalue weighted by atomic mass is 35.5. The molecule has 142 valence electrons. The zero-order valence-electron chi connectivity index (χ0n) is 14.8. The van der Waals surface area contributed by atoms with Crippen molar-refractivity contribution >= 4 is 23.4 Å². The first-order chi connectivity index (χ1) is 13.0. The molecular weight excluding hydrogens is 373 g/mol. The van der Waals surface area contributed by atoms with Gasteiger partial charge in [0.2, 0.25) is 5.91 Å². The van der Waals surface area contributed by atoms with Crippen LogP contribution >= 0.6 is 11.6 Å². The Labute approximate surface area is 161 Å². The third-order valence-corrected chi connectivity index (χ3v) is 4.72. The van der Waals surface area contributed by atoms with E-state index in [1.54, 1.807) is 23.4 Å². The van der Waals surface area contributed by atoms with Gasteiger partial charge in [0, 0.05) is 39.1 Å². The van der Waals surface area contributed by atoms with E-state index >= 15 is 0 Å². The molecule has 0 aliphatic carbocycles. The Kier molecular flexibility index (Phi) is 6.03. The Balaban J connectivity index is 1.80. The maximum Gasteiger partial charge on any atom is 0.255 e. The fraction of sp³-hybridized carbons (Fsp3) is 0.316. The molecule has 2 amide bonds. The molecular formula is C19H19ClFN3O3. The Morgan fingerprint density at radius 1 is 1.37 bits per heavy atom. The van der Waals surface area contributed by atoms with Gasteiger partial charge in [-0.05, 0) is 29.8 Å². The summed E-state index contributed by atoms with van der Waals surface area (Å²) >= 11 is 6.01. The van der Waals surface area contributed by atoms with Crippen LogP contribution < -0.4 is 0 Å². The molecule has 27 heavy (non-hydrogen) atoms. The van der Waals surface area contributed by atoms with Crippen LogP contribution in [0.5, 0.6) is 0 Å². The summed E-state index contributed by atoms with van der Waals surface area (Å²) in [5.41, 5.74) is 1.04. The predicted molar refractivity (Wildman–Crippen MR) is 97.8 cm³/mol. The second-order valence-electron chi connectivity index (χ2n) is 6.30. The van der Waals surface area contributed by atoms with Gasteiger partial charge in [0.25, 0.3) is 5.91 Å². The van der Waals surface area contributed by atoms with Crippen molar-refractivity contribution in [3.05, 3.63) is 64.7 Å². The summed E-state index contributed by atoms with van der Waals surface area (Å²) in [6, 6.07) is 7.26. The van der Waals surface area contributed by atoms with Gasteiger partial charge in [0.1, 0.15) is 12.4 Å². The molecule has 0 radical (unpaired) electrons. The smallest absolute Gasteiger partial charge is 0.255 e. The normalized spacial score (nSPS) is 17.7. The van der Waals surface area contributed by atoms with Crippen molar-refractivity contribution in [2.45, 2.75) is 12.6 Å². The lowest BCUT2D eigenvalue weighted by Gasteiger charge is -2.23. The number of nitrogens with zero attached hydrogens (tertiary/aromatic N) is 3. The lowest BCUT2D eigenvalue weighted by Crippen LogP contribution is -2.39. The molecule has 3 rings (SSSR count). The van der Waals surface area contributed by atoms with E-state index in [9.17, 15) is 14.0 Å². The number of carbonyl (C=O) groups excluding carboxylic acids is 2. The second kappa shape index (κ2) is 8.45. The molecule has 1 unspecified atom stereocenters. The van der Waals surface area contributed by atoms with E-state index in [-0.39, 0.29) is 35.7 Å². The Morgan fingerprint density at radius 2 is 2.19 bits per heavy atom. The second-order valence-corrected chi connectivity index (χ2v) is 6.71. The van der Waals surface area contributed by atoms with Crippen molar-refractivity contribution < 1.29 is 18.7 Å². The van der Waals surface area contributed by atoms with Crippen molar-refractivity contribution in [1.29, 1.82) is 0 Å². The van der Waals surface area contributed by atoms with Crippen LogP contribution in [0.15, 0.2) is 42.7 Å². The number of rotatable bonds is 4. The molecule has 0 saturated carbocycles. The molecule has 1 fully saturated rings. The van der Waals surface area contributed by atoms with Crippen LogP contribution in [0.4, 0.5) is 4.39 Å². The highest BCUT2D eigenvalue weighted by Gasteiger charge is 2.31. The minimum Gasteiger partial charge on any atom is -0.378 e. The number of carbonyl (C=O) groups is 2. The first kappa shape index (κ1) is 19.3. The average Bonchev–Trinajstić information content (AvgIpc) is 2.81. The minimum atomic E-state index is -0.527. The number of aromatic nitrogens is 1. The molecule has 1 atom stereocenters. The molecule has 0 bridgehead atoms. The van der Waals surface area contributed by atoms with Crippen LogP contribution in [0.25, 0.3) is 0 Å². The van der Waals surface area contributed by atoms with Crippen molar-refractivity contribution in [3.63, 3.8) is 0 Å². The first-order valence-electron chi connectivity index (χ1n) is 8.41. The van der Waals surface area contributed by atoms with Crippen LogP contribution in [-0.4, -0.2) is 59.4 Å². The van der Waals surface area contributed by atoms with Crippen molar-refractivity contribution in [1.82, 2.24) is 14.8 Å². The largest absolute Gasteiger partial charge is 0.378 e. The first-order valence-corrected chi connectivity index (χ1v) is 8.79.